The average Bonchev–Trinajstić information content (AvgIpc) is 3.24. The van der Waals surface area contributed by atoms with Crippen LogP contribution in [0.15, 0.2) is 60.8 Å². The zero-order chi connectivity index (χ0) is 45.0. The molecule has 0 heterocycles. The molecule has 1 saturated carbocycles. The third kappa shape index (κ3) is 29.5. The number of phosphoric ester groups is 1. The van der Waals surface area contributed by atoms with Crippen molar-refractivity contribution in [2.75, 3.05) is 13.2 Å². The maximum Gasteiger partial charge on any atom is 0.472 e. The molecular weight excluding hydrogens is 803 g/mol. The van der Waals surface area contributed by atoms with Crippen LogP contribution in [0.4, 0.5) is 0 Å². The lowest BCUT2D eigenvalue weighted by Crippen LogP contribution is -2.64. The number of allylic oxidation sites excluding steroid dienone is 10. The van der Waals surface area contributed by atoms with Crippen molar-refractivity contribution >= 4 is 19.8 Å². The first-order valence-corrected chi connectivity index (χ1v) is 24.6. The van der Waals surface area contributed by atoms with E-state index in [9.17, 15) is 44.6 Å². The van der Waals surface area contributed by atoms with Crippen molar-refractivity contribution in [1.29, 1.82) is 0 Å². The zero-order valence-electron chi connectivity index (χ0n) is 37.2. The minimum absolute atomic E-state index is 0.0573. The summed E-state index contributed by atoms with van der Waals surface area (Å²) >= 11 is 0. The molecule has 1 aliphatic carbocycles. The molecule has 0 radical (unpaired) electrons. The van der Waals surface area contributed by atoms with Gasteiger partial charge in [0.05, 0.1) is 6.61 Å². The SMILES string of the molecule is CCC/C=C/C/C=C/C/C=C/C/C=C/CCCCCC(=O)OC[C@@H](COP(=O)(O)OC1C(O)C(O)C(O)[C@H](O)C1O)OC(=O)CCCC/C=C/CCCCCCCCCCC. The maximum absolute atomic E-state index is 12.8. The number of esters is 2. The quantitative estimate of drug-likeness (QED) is 0.0149. The van der Waals surface area contributed by atoms with E-state index < -0.39 is 75.7 Å². The number of ether oxygens (including phenoxy) is 2. The minimum Gasteiger partial charge on any atom is -0.462 e. The van der Waals surface area contributed by atoms with E-state index in [1.807, 2.05) is 0 Å². The Morgan fingerprint density at radius 3 is 1.46 bits per heavy atom. The molecule has 0 saturated heterocycles. The van der Waals surface area contributed by atoms with Gasteiger partial charge in [-0.25, -0.2) is 4.57 Å². The lowest BCUT2D eigenvalue weighted by molar-refractivity contribution is -0.220. The average molecular weight is 885 g/mol. The van der Waals surface area contributed by atoms with Crippen LogP contribution in [-0.4, -0.2) is 98.3 Å². The topological polar surface area (TPSA) is 210 Å². The number of hydrogen-bond acceptors (Lipinski definition) is 12. The summed E-state index contributed by atoms with van der Waals surface area (Å²) in [6.45, 7) is 3.18. The fourth-order valence-corrected chi connectivity index (χ4v) is 7.54. The monoisotopic (exact) mass is 885 g/mol. The van der Waals surface area contributed by atoms with Crippen molar-refractivity contribution in [3.05, 3.63) is 60.8 Å². The summed E-state index contributed by atoms with van der Waals surface area (Å²) in [6.07, 6.45) is 31.3. The predicted octanol–water partition coefficient (Wildman–Crippen LogP) is 8.94. The summed E-state index contributed by atoms with van der Waals surface area (Å²) in [7, 11) is -5.13. The molecule has 0 bridgehead atoms. The summed E-state index contributed by atoms with van der Waals surface area (Å²) in [5.41, 5.74) is 0. The van der Waals surface area contributed by atoms with E-state index in [1.165, 1.54) is 64.2 Å². The molecule has 0 aromatic heterocycles. The van der Waals surface area contributed by atoms with Gasteiger partial charge in [0, 0.05) is 12.8 Å². The standard InChI is InChI=1S/C47H81O13P/c1-3-5-7-9-11-13-15-17-19-20-22-23-25-27-29-31-33-35-40(48)57-37-39(38-58-61(55,56)60-47-45(53)43(51)42(50)44(52)46(47)54)59-41(49)36-34-32-30-28-26-24-21-18-16-14-12-10-8-6-4-2/h7,9,13,15,19-20,23,25-26,28,39,42-47,50-54H,3-6,8,10-12,14,16-18,21-22,24,27,29-38H2,1-2H3,(H,55,56)/b9-7+,15-13+,20-19+,25-23+,28-26+/t39-,42?,43-,44?,45?,46?,47?/m0/s1. The van der Waals surface area contributed by atoms with Gasteiger partial charge in [-0.05, 0) is 77.0 Å². The van der Waals surface area contributed by atoms with Crippen molar-refractivity contribution in [3.63, 3.8) is 0 Å². The molecule has 0 amide bonds. The fourth-order valence-electron chi connectivity index (χ4n) is 6.57. The van der Waals surface area contributed by atoms with E-state index in [0.29, 0.717) is 12.8 Å². The Kier molecular flexibility index (Phi) is 34.3. The van der Waals surface area contributed by atoms with Crippen LogP contribution in [0.25, 0.3) is 0 Å². The third-order valence-corrected chi connectivity index (χ3v) is 11.3. The van der Waals surface area contributed by atoms with Gasteiger partial charge >= 0.3 is 19.8 Å². The van der Waals surface area contributed by atoms with E-state index in [4.69, 9.17) is 18.5 Å². The lowest BCUT2D eigenvalue weighted by atomic mass is 9.85. The van der Waals surface area contributed by atoms with Crippen LogP contribution >= 0.6 is 7.82 Å². The predicted molar refractivity (Wildman–Crippen MR) is 239 cm³/mol. The number of unbranched alkanes of at least 4 members (excludes halogenated alkanes) is 15. The fraction of sp³-hybridized carbons (Fsp3) is 0.745. The van der Waals surface area contributed by atoms with E-state index in [-0.39, 0.29) is 12.8 Å². The highest BCUT2D eigenvalue weighted by Crippen LogP contribution is 2.47. The van der Waals surface area contributed by atoms with E-state index >= 15 is 0 Å². The molecule has 352 valence electrons. The van der Waals surface area contributed by atoms with Gasteiger partial charge in [0.25, 0.3) is 0 Å². The maximum atomic E-state index is 12.8. The first-order valence-electron chi connectivity index (χ1n) is 23.1. The van der Waals surface area contributed by atoms with Gasteiger partial charge in [-0.2, -0.15) is 0 Å². The summed E-state index contributed by atoms with van der Waals surface area (Å²) in [5.74, 6) is -1.16. The first-order chi connectivity index (χ1) is 29.4. The van der Waals surface area contributed by atoms with Crippen LogP contribution in [-0.2, 0) is 32.7 Å². The zero-order valence-corrected chi connectivity index (χ0v) is 38.1. The molecule has 61 heavy (non-hydrogen) atoms. The van der Waals surface area contributed by atoms with E-state index in [1.54, 1.807) is 0 Å². The lowest BCUT2D eigenvalue weighted by Gasteiger charge is -2.41. The van der Waals surface area contributed by atoms with Crippen LogP contribution in [0.3, 0.4) is 0 Å². The van der Waals surface area contributed by atoms with Gasteiger partial charge in [0.2, 0.25) is 0 Å². The highest BCUT2D eigenvalue weighted by atomic mass is 31.2. The second-order valence-corrected chi connectivity index (χ2v) is 17.3. The number of hydrogen-bond donors (Lipinski definition) is 6. The number of rotatable bonds is 37. The molecule has 1 fully saturated rings. The molecular formula is C47H81O13P. The molecule has 13 nitrogen and oxygen atoms in total. The molecule has 0 aromatic rings. The van der Waals surface area contributed by atoms with Gasteiger partial charge in [-0.1, -0.05) is 139 Å². The van der Waals surface area contributed by atoms with Gasteiger partial charge in [-0.15, -0.1) is 0 Å². The van der Waals surface area contributed by atoms with Crippen molar-refractivity contribution in [3.8, 4) is 0 Å². The van der Waals surface area contributed by atoms with Gasteiger partial charge < -0.3 is 39.9 Å². The Morgan fingerprint density at radius 1 is 0.508 bits per heavy atom. The summed E-state index contributed by atoms with van der Waals surface area (Å²) in [5, 5.41) is 50.1. The van der Waals surface area contributed by atoms with Crippen LogP contribution in [0.5, 0.6) is 0 Å². The molecule has 6 unspecified atom stereocenters. The minimum atomic E-state index is -5.13. The second kappa shape index (κ2) is 37.0. The normalized spacial score (nSPS) is 22.6. The van der Waals surface area contributed by atoms with E-state index in [2.05, 4.69) is 74.6 Å². The Hall–Kier alpha value is -2.45. The Balaban J connectivity index is 2.50. The summed E-state index contributed by atoms with van der Waals surface area (Å²) in [6, 6.07) is 0. The highest BCUT2D eigenvalue weighted by Gasteiger charge is 2.51. The molecule has 8 atom stereocenters. The van der Waals surface area contributed by atoms with Crippen molar-refractivity contribution in [2.24, 2.45) is 0 Å². The molecule has 0 aliphatic heterocycles. The third-order valence-electron chi connectivity index (χ3n) is 10.3. The number of aliphatic hydroxyl groups is 5. The Bertz CT molecular complexity index is 1300. The van der Waals surface area contributed by atoms with Gasteiger partial charge in [0.15, 0.2) is 6.10 Å². The first kappa shape index (κ1) is 56.6. The van der Waals surface area contributed by atoms with Crippen LogP contribution in [0, 0.1) is 0 Å². The van der Waals surface area contributed by atoms with Crippen LogP contribution in [0.1, 0.15) is 168 Å². The number of aliphatic hydroxyl groups excluding tert-OH is 5. The summed E-state index contributed by atoms with van der Waals surface area (Å²) < 4.78 is 33.5. The van der Waals surface area contributed by atoms with E-state index in [0.717, 1.165) is 64.2 Å². The smallest absolute Gasteiger partial charge is 0.462 e. The largest absolute Gasteiger partial charge is 0.472 e. The number of carbonyl (C=O) groups excluding carboxylic acids is 2. The molecule has 0 aromatic carbocycles. The van der Waals surface area contributed by atoms with Gasteiger partial charge in [-0.3, -0.25) is 18.6 Å². The van der Waals surface area contributed by atoms with Crippen molar-refractivity contribution in [2.45, 2.75) is 211 Å². The Morgan fingerprint density at radius 2 is 0.918 bits per heavy atom. The molecule has 14 heteroatoms. The molecule has 0 spiro atoms. The number of phosphoric acid groups is 1. The highest BCUT2D eigenvalue weighted by molar-refractivity contribution is 7.47. The Labute approximate surface area is 366 Å². The van der Waals surface area contributed by atoms with Crippen molar-refractivity contribution in [1.82, 2.24) is 0 Å². The molecule has 1 aliphatic rings. The van der Waals surface area contributed by atoms with Gasteiger partial charge in [0.1, 0.15) is 43.2 Å². The van der Waals surface area contributed by atoms with Crippen LogP contribution < -0.4 is 0 Å². The van der Waals surface area contributed by atoms with Crippen LogP contribution in [0.2, 0.25) is 0 Å². The second-order valence-electron chi connectivity index (χ2n) is 15.9. The number of carbonyl (C=O) groups is 2. The van der Waals surface area contributed by atoms with Crippen molar-refractivity contribution < 1.29 is 63.1 Å². The summed E-state index contributed by atoms with van der Waals surface area (Å²) in [4.78, 5) is 35.7. The molecule has 6 N–H and O–H groups in total. The molecule has 1 rings (SSSR count).